The van der Waals surface area contributed by atoms with Gasteiger partial charge in [0.05, 0.1) is 12.4 Å². The van der Waals surface area contributed by atoms with Crippen molar-refractivity contribution < 1.29 is 4.79 Å². The van der Waals surface area contributed by atoms with E-state index in [9.17, 15) is 4.79 Å². The van der Waals surface area contributed by atoms with E-state index in [0.29, 0.717) is 6.42 Å². The summed E-state index contributed by atoms with van der Waals surface area (Å²) in [5, 5.41) is 3.16. The van der Waals surface area contributed by atoms with E-state index >= 15 is 0 Å². The molecule has 0 fully saturated rings. The molecular weight excluding hydrogens is 562 g/mol. The topological polar surface area (TPSA) is 44.7 Å². The molecule has 4 nitrogen and oxygen atoms in total. The molecule has 0 radical (unpaired) electrons. The molecule has 0 saturated heterocycles. The van der Waals surface area contributed by atoms with Crippen LogP contribution >= 0.6 is 12.4 Å². The number of unbranched alkanes of at least 4 members (excludes halogenated alkanes) is 27. The van der Waals surface area contributed by atoms with Gasteiger partial charge in [0.25, 0.3) is 0 Å². The molecule has 0 aliphatic carbocycles. The third kappa shape index (κ3) is 28.7. The fourth-order valence-electron chi connectivity index (χ4n) is 6.56. The lowest BCUT2D eigenvalue weighted by Gasteiger charge is -2.20. The predicted molar refractivity (Wildman–Crippen MR) is 199 cm³/mol. The van der Waals surface area contributed by atoms with Crippen LogP contribution in [0, 0.1) is 0 Å². The SMILES string of the molecule is CCCCCCCCCCCCCCCCCCC1=NCCN1CCNC(=O)CCCCCCCCCCCCCCC.Cl. The Morgan fingerprint density at radius 3 is 1.34 bits per heavy atom. The van der Waals surface area contributed by atoms with Crippen LogP contribution in [0.3, 0.4) is 0 Å². The Bertz CT molecular complexity index is 626. The maximum atomic E-state index is 12.3. The molecule has 0 atom stereocenters. The van der Waals surface area contributed by atoms with E-state index in [1.165, 1.54) is 186 Å². The summed E-state index contributed by atoms with van der Waals surface area (Å²) in [6.45, 7) is 8.22. The Morgan fingerprint density at radius 2 is 0.932 bits per heavy atom. The van der Waals surface area contributed by atoms with Crippen molar-refractivity contribution >= 4 is 24.1 Å². The lowest BCUT2D eigenvalue weighted by molar-refractivity contribution is -0.121. The summed E-state index contributed by atoms with van der Waals surface area (Å²) in [5.74, 6) is 1.52. The predicted octanol–water partition coefficient (Wildman–Crippen LogP) is 12.4. The molecule has 1 rings (SSSR count). The quantitative estimate of drug-likeness (QED) is 0.0712. The zero-order valence-corrected chi connectivity index (χ0v) is 30.8. The number of rotatable bonds is 34. The second kappa shape index (κ2) is 35.1. The van der Waals surface area contributed by atoms with E-state index in [2.05, 4.69) is 24.1 Å². The fourth-order valence-corrected chi connectivity index (χ4v) is 6.56. The molecule has 0 unspecified atom stereocenters. The number of halogens is 1. The van der Waals surface area contributed by atoms with E-state index in [1.807, 2.05) is 0 Å². The Kier molecular flexibility index (Phi) is 34.5. The summed E-state index contributed by atoms with van der Waals surface area (Å²) < 4.78 is 0. The molecule has 262 valence electrons. The summed E-state index contributed by atoms with van der Waals surface area (Å²) in [5.41, 5.74) is 0. The summed E-state index contributed by atoms with van der Waals surface area (Å²) in [6.07, 6.45) is 42.0. The maximum Gasteiger partial charge on any atom is 0.220 e. The minimum Gasteiger partial charge on any atom is -0.357 e. The van der Waals surface area contributed by atoms with Gasteiger partial charge in [-0.1, -0.05) is 187 Å². The van der Waals surface area contributed by atoms with Crippen LogP contribution in [0.2, 0.25) is 0 Å². The van der Waals surface area contributed by atoms with Crippen LogP contribution < -0.4 is 5.32 Å². The van der Waals surface area contributed by atoms with Crippen molar-refractivity contribution in [2.24, 2.45) is 4.99 Å². The van der Waals surface area contributed by atoms with Crippen molar-refractivity contribution in [3.05, 3.63) is 0 Å². The highest BCUT2D eigenvalue weighted by Gasteiger charge is 2.16. The van der Waals surface area contributed by atoms with Gasteiger partial charge in [0.15, 0.2) is 0 Å². The van der Waals surface area contributed by atoms with Crippen LogP contribution in [0.5, 0.6) is 0 Å². The summed E-state index contributed by atoms with van der Waals surface area (Å²) in [6, 6.07) is 0. The monoisotopic (exact) mass is 640 g/mol. The zero-order valence-electron chi connectivity index (χ0n) is 30.0. The van der Waals surface area contributed by atoms with Gasteiger partial charge < -0.3 is 10.2 Å². The van der Waals surface area contributed by atoms with Crippen LogP contribution in [0.25, 0.3) is 0 Å². The van der Waals surface area contributed by atoms with Gasteiger partial charge in [0.2, 0.25) is 5.91 Å². The minimum atomic E-state index is 0. The average molecular weight is 641 g/mol. The summed E-state index contributed by atoms with van der Waals surface area (Å²) in [7, 11) is 0. The van der Waals surface area contributed by atoms with E-state index in [0.717, 1.165) is 39.0 Å². The second-order valence-electron chi connectivity index (χ2n) is 13.7. The molecule has 5 heteroatoms. The van der Waals surface area contributed by atoms with Crippen molar-refractivity contribution in [3.8, 4) is 0 Å². The van der Waals surface area contributed by atoms with Crippen LogP contribution in [-0.2, 0) is 4.79 Å². The first kappa shape index (κ1) is 43.2. The molecule has 0 bridgehead atoms. The van der Waals surface area contributed by atoms with Gasteiger partial charge in [0, 0.05) is 32.5 Å². The number of nitrogens with zero attached hydrogens (tertiary/aromatic N) is 2. The smallest absolute Gasteiger partial charge is 0.220 e. The van der Waals surface area contributed by atoms with E-state index in [4.69, 9.17) is 4.99 Å². The third-order valence-electron chi connectivity index (χ3n) is 9.49. The maximum absolute atomic E-state index is 12.3. The largest absolute Gasteiger partial charge is 0.357 e. The fraction of sp³-hybridized carbons (Fsp3) is 0.949. The Labute approximate surface area is 282 Å². The standard InChI is InChI=1S/C39H77N3O.ClH/c1-3-5-7-9-11-13-15-17-18-19-21-22-24-26-28-30-32-38-40-34-36-42(38)37-35-41-39(43)33-31-29-27-25-23-20-16-14-12-10-8-6-4-2;/h3-37H2,1-2H3,(H,41,43);1H. The molecule has 1 aliphatic heterocycles. The molecule has 0 saturated carbocycles. The first-order valence-corrected chi connectivity index (χ1v) is 19.8. The third-order valence-corrected chi connectivity index (χ3v) is 9.49. The molecule has 0 aromatic carbocycles. The normalized spacial score (nSPS) is 12.9. The van der Waals surface area contributed by atoms with Gasteiger partial charge in [-0.3, -0.25) is 9.79 Å². The van der Waals surface area contributed by atoms with Gasteiger partial charge in [-0.15, -0.1) is 12.4 Å². The van der Waals surface area contributed by atoms with Crippen molar-refractivity contribution in [3.63, 3.8) is 0 Å². The van der Waals surface area contributed by atoms with E-state index in [-0.39, 0.29) is 18.3 Å². The van der Waals surface area contributed by atoms with Gasteiger partial charge >= 0.3 is 0 Å². The minimum absolute atomic E-state index is 0. The van der Waals surface area contributed by atoms with Gasteiger partial charge in [-0.05, 0) is 12.8 Å². The van der Waals surface area contributed by atoms with E-state index in [1.54, 1.807) is 0 Å². The lowest BCUT2D eigenvalue weighted by atomic mass is 10.0. The summed E-state index contributed by atoms with van der Waals surface area (Å²) >= 11 is 0. The van der Waals surface area contributed by atoms with Crippen LogP contribution in [0.1, 0.15) is 213 Å². The molecule has 1 N–H and O–H groups in total. The van der Waals surface area contributed by atoms with Gasteiger partial charge in [-0.2, -0.15) is 0 Å². The molecule has 1 heterocycles. The highest BCUT2D eigenvalue weighted by molar-refractivity contribution is 5.85. The van der Waals surface area contributed by atoms with Crippen LogP contribution in [-0.4, -0.2) is 42.8 Å². The van der Waals surface area contributed by atoms with Crippen molar-refractivity contribution in [2.75, 3.05) is 26.2 Å². The van der Waals surface area contributed by atoms with Gasteiger partial charge in [0.1, 0.15) is 0 Å². The number of hydrogen-bond donors (Lipinski definition) is 1. The molecule has 1 aliphatic rings. The number of amides is 1. The summed E-state index contributed by atoms with van der Waals surface area (Å²) in [4.78, 5) is 19.5. The molecule has 0 spiro atoms. The number of aliphatic imine (C=N–C) groups is 1. The average Bonchev–Trinajstić information content (AvgIpc) is 3.46. The number of hydrogen-bond acceptors (Lipinski definition) is 3. The van der Waals surface area contributed by atoms with Gasteiger partial charge in [-0.25, -0.2) is 0 Å². The van der Waals surface area contributed by atoms with Crippen molar-refractivity contribution in [1.29, 1.82) is 0 Å². The molecular formula is C39H78ClN3O. The first-order chi connectivity index (χ1) is 21.3. The highest BCUT2D eigenvalue weighted by atomic mass is 35.5. The van der Waals surface area contributed by atoms with Crippen LogP contribution in [0.15, 0.2) is 4.99 Å². The number of carbonyl (C=O) groups excluding carboxylic acids is 1. The Hall–Kier alpha value is -0.770. The second-order valence-corrected chi connectivity index (χ2v) is 13.7. The Balaban J connectivity index is 0.0000185. The lowest BCUT2D eigenvalue weighted by Crippen LogP contribution is -2.36. The number of nitrogens with one attached hydrogen (secondary N) is 1. The number of amidine groups is 1. The molecule has 0 aromatic rings. The van der Waals surface area contributed by atoms with Crippen LogP contribution in [0.4, 0.5) is 0 Å². The Morgan fingerprint density at radius 1 is 0.568 bits per heavy atom. The van der Waals surface area contributed by atoms with Crippen molar-refractivity contribution in [2.45, 2.75) is 213 Å². The molecule has 1 amide bonds. The van der Waals surface area contributed by atoms with Crippen molar-refractivity contribution in [1.82, 2.24) is 10.2 Å². The first-order valence-electron chi connectivity index (χ1n) is 19.8. The molecule has 0 aromatic heterocycles. The highest BCUT2D eigenvalue weighted by Crippen LogP contribution is 2.16. The van der Waals surface area contributed by atoms with E-state index < -0.39 is 0 Å². The zero-order chi connectivity index (χ0) is 30.9. The number of carbonyl (C=O) groups is 1. The molecule has 44 heavy (non-hydrogen) atoms.